The van der Waals surface area contributed by atoms with Gasteiger partial charge in [-0.25, -0.2) is 4.98 Å². The second-order valence-corrected chi connectivity index (χ2v) is 5.52. The molecule has 1 heterocycles. The van der Waals surface area contributed by atoms with Crippen molar-refractivity contribution in [2.45, 2.75) is 19.3 Å². The van der Waals surface area contributed by atoms with Gasteiger partial charge in [0.2, 0.25) is 0 Å². The molecule has 5 heteroatoms. The number of nitrogen functional groups attached to an aromatic ring is 1. The molecule has 2 aromatic rings. The normalized spacial score (nSPS) is 10.7. The molecule has 0 aliphatic rings. The van der Waals surface area contributed by atoms with Crippen LogP contribution in [0.4, 0.5) is 5.13 Å². The molecule has 0 bridgehead atoms. The van der Waals surface area contributed by atoms with Crippen LogP contribution in [0.25, 0.3) is 10.4 Å². The zero-order valence-electron chi connectivity index (χ0n) is 11.7. The number of nitrogens with two attached hydrogens (primary N) is 1. The number of unbranched alkanes of at least 4 members (excludes halogenated alkanes) is 2. The van der Waals surface area contributed by atoms with E-state index in [1.165, 1.54) is 11.3 Å². The second-order valence-electron chi connectivity index (χ2n) is 4.46. The Balaban J connectivity index is 1.91. The summed E-state index contributed by atoms with van der Waals surface area (Å²) < 4.78 is 10.9. The molecule has 0 spiro atoms. The minimum atomic E-state index is 0.578. The van der Waals surface area contributed by atoms with Crippen molar-refractivity contribution in [1.29, 1.82) is 0 Å². The Bertz CT molecular complexity index is 528. The van der Waals surface area contributed by atoms with Crippen molar-refractivity contribution in [2.24, 2.45) is 0 Å². The monoisotopic (exact) mass is 292 g/mol. The molecule has 0 aliphatic carbocycles. The third kappa shape index (κ3) is 4.21. The van der Waals surface area contributed by atoms with Crippen LogP contribution in [0, 0.1) is 0 Å². The van der Waals surface area contributed by atoms with Gasteiger partial charge in [0.05, 0.1) is 11.5 Å². The molecule has 0 unspecified atom stereocenters. The first kappa shape index (κ1) is 14.8. The Kier molecular flexibility index (Phi) is 5.83. The lowest BCUT2D eigenvalue weighted by Gasteiger charge is -2.10. The number of anilines is 1. The zero-order valence-corrected chi connectivity index (χ0v) is 12.5. The fourth-order valence-corrected chi connectivity index (χ4v) is 2.63. The molecule has 0 atom stereocenters. The fourth-order valence-electron chi connectivity index (χ4n) is 1.92. The van der Waals surface area contributed by atoms with Crippen molar-refractivity contribution in [3.05, 3.63) is 30.5 Å². The minimum Gasteiger partial charge on any atom is -0.493 e. The maximum Gasteiger partial charge on any atom is 0.180 e. The molecule has 2 N–H and O–H groups in total. The van der Waals surface area contributed by atoms with Crippen molar-refractivity contribution in [3.8, 4) is 16.2 Å². The summed E-state index contributed by atoms with van der Waals surface area (Å²) in [7, 11) is 1.73. The molecule has 0 saturated carbocycles. The average molecular weight is 292 g/mol. The van der Waals surface area contributed by atoms with Crippen molar-refractivity contribution in [1.82, 2.24) is 4.98 Å². The summed E-state index contributed by atoms with van der Waals surface area (Å²) in [5, 5.41) is 0.578. The van der Waals surface area contributed by atoms with Gasteiger partial charge in [0.1, 0.15) is 5.75 Å². The number of nitrogens with zero attached hydrogens (tertiary/aromatic N) is 1. The van der Waals surface area contributed by atoms with Crippen LogP contribution in [0.1, 0.15) is 19.3 Å². The topological polar surface area (TPSA) is 57.4 Å². The Labute approximate surface area is 123 Å². The third-order valence-corrected chi connectivity index (χ3v) is 3.79. The Morgan fingerprint density at radius 1 is 1.15 bits per heavy atom. The van der Waals surface area contributed by atoms with Crippen molar-refractivity contribution in [2.75, 3.05) is 26.1 Å². The van der Waals surface area contributed by atoms with E-state index in [9.17, 15) is 0 Å². The molecule has 0 saturated heterocycles. The molecule has 0 radical (unpaired) electrons. The summed E-state index contributed by atoms with van der Waals surface area (Å²) in [6.07, 6.45) is 5.01. The number of thiazole rings is 1. The maximum atomic E-state index is 5.88. The molecule has 1 aromatic heterocycles. The summed E-state index contributed by atoms with van der Waals surface area (Å²) in [4.78, 5) is 5.13. The molecule has 0 fully saturated rings. The van der Waals surface area contributed by atoms with E-state index >= 15 is 0 Å². The van der Waals surface area contributed by atoms with Gasteiger partial charge in [-0.2, -0.15) is 0 Å². The Morgan fingerprint density at radius 3 is 2.70 bits per heavy atom. The second kappa shape index (κ2) is 7.87. The molecule has 108 valence electrons. The van der Waals surface area contributed by atoms with Gasteiger partial charge in [-0.15, -0.1) is 0 Å². The lowest BCUT2D eigenvalue weighted by molar-refractivity contribution is 0.189. The predicted octanol–water partition coefficient (Wildman–Crippen LogP) is 3.59. The number of aromatic nitrogens is 1. The predicted molar refractivity (Wildman–Crippen MR) is 83.2 cm³/mol. The summed E-state index contributed by atoms with van der Waals surface area (Å²) in [5.74, 6) is 0.892. The van der Waals surface area contributed by atoms with E-state index in [1.54, 1.807) is 13.3 Å². The smallest absolute Gasteiger partial charge is 0.180 e. The molecular formula is C15H20N2O2S. The number of hydrogen-bond donors (Lipinski definition) is 1. The number of para-hydroxylation sites is 1. The third-order valence-electron chi connectivity index (χ3n) is 2.93. The number of ether oxygens (including phenoxy) is 2. The summed E-state index contributed by atoms with van der Waals surface area (Å²) in [5.41, 5.74) is 6.74. The molecule has 2 rings (SSSR count). The zero-order chi connectivity index (χ0) is 14.2. The van der Waals surface area contributed by atoms with Gasteiger partial charge < -0.3 is 15.2 Å². The molecule has 0 aliphatic heterocycles. The van der Waals surface area contributed by atoms with Crippen LogP contribution >= 0.6 is 11.3 Å². The van der Waals surface area contributed by atoms with E-state index in [4.69, 9.17) is 15.2 Å². The largest absolute Gasteiger partial charge is 0.493 e. The standard InChI is InChI=1S/C15H20N2O2S/c1-18-9-5-2-6-10-19-13-8-4-3-7-12(13)14-11-17-15(16)20-14/h3-4,7-8,11H,2,5-6,9-10H2,1H3,(H2,16,17). The van der Waals surface area contributed by atoms with Gasteiger partial charge in [0.15, 0.2) is 5.13 Å². The molecule has 20 heavy (non-hydrogen) atoms. The van der Waals surface area contributed by atoms with E-state index in [-0.39, 0.29) is 0 Å². The lowest BCUT2D eigenvalue weighted by atomic mass is 10.2. The van der Waals surface area contributed by atoms with Gasteiger partial charge in [0.25, 0.3) is 0 Å². The van der Waals surface area contributed by atoms with E-state index in [0.717, 1.165) is 48.7 Å². The van der Waals surface area contributed by atoms with Crippen molar-refractivity contribution < 1.29 is 9.47 Å². The first-order chi connectivity index (χ1) is 9.81. The summed E-state index contributed by atoms with van der Waals surface area (Å²) >= 11 is 1.48. The Morgan fingerprint density at radius 2 is 1.95 bits per heavy atom. The molecule has 0 amide bonds. The first-order valence-electron chi connectivity index (χ1n) is 6.73. The van der Waals surface area contributed by atoms with E-state index in [2.05, 4.69) is 4.98 Å². The lowest BCUT2D eigenvalue weighted by Crippen LogP contribution is -1.99. The van der Waals surface area contributed by atoms with Crippen molar-refractivity contribution in [3.63, 3.8) is 0 Å². The van der Waals surface area contributed by atoms with Gasteiger partial charge in [-0.1, -0.05) is 23.5 Å². The highest BCUT2D eigenvalue weighted by atomic mass is 32.1. The highest BCUT2D eigenvalue weighted by Gasteiger charge is 2.08. The van der Waals surface area contributed by atoms with E-state index in [1.807, 2.05) is 24.3 Å². The summed E-state index contributed by atoms with van der Waals surface area (Å²) in [6, 6.07) is 8.00. The van der Waals surface area contributed by atoms with Gasteiger partial charge in [0, 0.05) is 25.5 Å². The van der Waals surface area contributed by atoms with Gasteiger partial charge in [-0.3, -0.25) is 0 Å². The van der Waals surface area contributed by atoms with E-state index < -0.39 is 0 Å². The van der Waals surface area contributed by atoms with Crippen LogP contribution < -0.4 is 10.5 Å². The quantitative estimate of drug-likeness (QED) is 0.755. The highest BCUT2D eigenvalue weighted by molar-refractivity contribution is 7.18. The fraction of sp³-hybridized carbons (Fsp3) is 0.400. The molecular weight excluding hydrogens is 272 g/mol. The Hall–Kier alpha value is -1.59. The van der Waals surface area contributed by atoms with E-state index in [0.29, 0.717) is 5.13 Å². The van der Waals surface area contributed by atoms with Crippen LogP contribution in [0.15, 0.2) is 30.5 Å². The van der Waals surface area contributed by atoms with Crippen molar-refractivity contribution >= 4 is 16.5 Å². The molecule has 1 aromatic carbocycles. The number of benzene rings is 1. The van der Waals surface area contributed by atoms with Crippen LogP contribution in [0.2, 0.25) is 0 Å². The first-order valence-corrected chi connectivity index (χ1v) is 7.55. The minimum absolute atomic E-state index is 0.578. The number of methoxy groups -OCH3 is 1. The average Bonchev–Trinajstić information content (AvgIpc) is 2.89. The van der Waals surface area contributed by atoms with Gasteiger partial charge in [-0.05, 0) is 31.4 Å². The van der Waals surface area contributed by atoms with Crippen LogP contribution in [-0.2, 0) is 4.74 Å². The number of rotatable bonds is 8. The summed E-state index contributed by atoms with van der Waals surface area (Å²) in [6.45, 7) is 1.53. The van der Waals surface area contributed by atoms with Crippen LogP contribution in [-0.4, -0.2) is 25.3 Å². The van der Waals surface area contributed by atoms with Crippen LogP contribution in [0.3, 0.4) is 0 Å². The maximum absolute atomic E-state index is 5.88. The van der Waals surface area contributed by atoms with Crippen LogP contribution in [0.5, 0.6) is 5.75 Å². The SMILES string of the molecule is COCCCCCOc1ccccc1-c1cnc(N)s1. The molecule has 4 nitrogen and oxygen atoms in total. The highest BCUT2D eigenvalue weighted by Crippen LogP contribution is 2.34. The van der Waals surface area contributed by atoms with Gasteiger partial charge >= 0.3 is 0 Å². The number of hydrogen-bond acceptors (Lipinski definition) is 5.